The Kier molecular flexibility index (Phi) is 7.16. The molecule has 0 atom stereocenters. The summed E-state index contributed by atoms with van der Waals surface area (Å²) >= 11 is 0. The molecule has 58 heavy (non-hydrogen) atoms. The van der Waals surface area contributed by atoms with Crippen LogP contribution in [0, 0.1) is 0 Å². The number of hydrogen-bond donors (Lipinski definition) is 0. The monoisotopic (exact) mass is 743 g/mol. The Morgan fingerprint density at radius 1 is 0.379 bits per heavy atom. The van der Waals surface area contributed by atoms with Gasteiger partial charge in [-0.3, -0.25) is 0 Å². The summed E-state index contributed by atoms with van der Waals surface area (Å²) in [5, 5.41) is 6.83. The van der Waals surface area contributed by atoms with Crippen LogP contribution in [-0.4, -0.2) is 9.55 Å². The van der Waals surface area contributed by atoms with Gasteiger partial charge in [0.25, 0.3) is 0 Å². The van der Waals surface area contributed by atoms with Crippen molar-refractivity contribution in [3.05, 3.63) is 200 Å². The molecule has 0 aliphatic carbocycles. The summed E-state index contributed by atoms with van der Waals surface area (Å²) in [7, 11) is 0. The highest BCUT2D eigenvalue weighted by atomic mass is 16.3. The van der Waals surface area contributed by atoms with E-state index in [1.807, 2.05) is 48.5 Å². The quantitative estimate of drug-likeness (QED) is 0.170. The minimum atomic E-state index is 0.626. The van der Waals surface area contributed by atoms with Crippen LogP contribution in [0.5, 0.6) is 0 Å². The van der Waals surface area contributed by atoms with Crippen LogP contribution in [-0.2, 0) is 0 Å². The number of hydrogen-bond acceptors (Lipinski definition) is 4. The van der Waals surface area contributed by atoms with Gasteiger partial charge in [-0.25, -0.2) is 4.98 Å². The van der Waals surface area contributed by atoms with Gasteiger partial charge in [0.15, 0.2) is 5.58 Å². The van der Waals surface area contributed by atoms with Crippen LogP contribution < -0.4 is 4.90 Å². The molecule has 0 spiro atoms. The number of benzene rings is 9. The van der Waals surface area contributed by atoms with E-state index in [1.54, 1.807) is 0 Å². The van der Waals surface area contributed by atoms with Crippen molar-refractivity contribution in [2.45, 2.75) is 0 Å². The van der Waals surface area contributed by atoms with Gasteiger partial charge < -0.3 is 18.3 Å². The highest BCUT2D eigenvalue weighted by Gasteiger charge is 2.20. The van der Waals surface area contributed by atoms with Crippen molar-refractivity contribution in [2.24, 2.45) is 0 Å². The zero-order valence-corrected chi connectivity index (χ0v) is 31.2. The fourth-order valence-electron chi connectivity index (χ4n) is 8.75. The lowest BCUT2D eigenvalue weighted by Crippen LogP contribution is -2.10. The van der Waals surface area contributed by atoms with E-state index in [0.717, 1.165) is 88.8 Å². The molecular formula is C53H33N3O2. The number of fused-ring (bicyclic) bond motifs is 9. The molecule has 0 aliphatic heterocycles. The maximum absolute atomic E-state index is 6.43. The van der Waals surface area contributed by atoms with Crippen molar-refractivity contribution in [3.8, 4) is 28.3 Å². The minimum absolute atomic E-state index is 0.626. The first-order chi connectivity index (χ1) is 28.7. The maximum atomic E-state index is 6.43. The van der Waals surface area contributed by atoms with Gasteiger partial charge in [0.2, 0.25) is 5.89 Å². The van der Waals surface area contributed by atoms with E-state index in [9.17, 15) is 0 Å². The molecule has 0 N–H and O–H groups in total. The van der Waals surface area contributed by atoms with Crippen LogP contribution in [0.4, 0.5) is 17.1 Å². The molecule has 12 rings (SSSR count). The molecule has 9 aromatic carbocycles. The lowest BCUT2D eigenvalue weighted by Gasteiger charge is -2.26. The van der Waals surface area contributed by atoms with Crippen molar-refractivity contribution in [1.82, 2.24) is 9.55 Å². The van der Waals surface area contributed by atoms with Crippen molar-refractivity contribution < 1.29 is 8.83 Å². The van der Waals surface area contributed by atoms with Crippen LogP contribution in [0.1, 0.15) is 0 Å². The summed E-state index contributed by atoms with van der Waals surface area (Å²) in [5.41, 5.74) is 13.1. The van der Waals surface area contributed by atoms with E-state index in [2.05, 4.69) is 161 Å². The average Bonchev–Trinajstić information content (AvgIpc) is 3.99. The number of aromatic nitrogens is 2. The lowest BCUT2D eigenvalue weighted by molar-refractivity contribution is 0.620. The SMILES string of the molecule is c1ccc(-c2nc3c(ccc4c(-c5ccc(N(c6ccc7c(c6)oc6ccccc67)c6ccc7c8ccccc8n(-c8ccccc8)c7c6)cc5)cccc43)o2)cc1. The Balaban J connectivity index is 1.02. The molecule has 3 aromatic heterocycles. The Morgan fingerprint density at radius 2 is 1.02 bits per heavy atom. The summed E-state index contributed by atoms with van der Waals surface area (Å²) in [6.07, 6.45) is 0. The molecule has 12 aromatic rings. The first kappa shape index (κ1) is 32.4. The fraction of sp³-hybridized carbons (Fsp3) is 0. The van der Waals surface area contributed by atoms with Crippen molar-refractivity contribution in [1.29, 1.82) is 0 Å². The topological polar surface area (TPSA) is 47.3 Å². The van der Waals surface area contributed by atoms with Gasteiger partial charge in [-0.05, 0) is 101 Å². The molecule has 0 saturated carbocycles. The van der Waals surface area contributed by atoms with Gasteiger partial charge in [-0.2, -0.15) is 0 Å². The third kappa shape index (κ3) is 5.07. The van der Waals surface area contributed by atoms with Crippen LogP contribution in [0.25, 0.3) is 93.9 Å². The van der Waals surface area contributed by atoms with Crippen molar-refractivity contribution >= 4 is 82.7 Å². The van der Waals surface area contributed by atoms with E-state index in [-0.39, 0.29) is 0 Å². The van der Waals surface area contributed by atoms with E-state index in [1.165, 1.54) is 16.3 Å². The molecular weight excluding hydrogens is 711 g/mol. The molecule has 3 heterocycles. The van der Waals surface area contributed by atoms with Gasteiger partial charge in [0.05, 0.1) is 11.0 Å². The van der Waals surface area contributed by atoms with Crippen LogP contribution in [0.15, 0.2) is 209 Å². The largest absolute Gasteiger partial charge is 0.456 e. The number of para-hydroxylation sites is 3. The number of oxazole rings is 1. The Hall–Kier alpha value is -7.89. The standard InChI is InChI=1S/C53H33N3O2/c1-3-12-35(13-4-1)53-54-52-46-19-11-18-40(41(46)30-31-50(52)58-53)34-22-24-37(25-23-34)55(39-27-29-45-44-17-8-10-21-49(44)57-51(45)33-39)38-26-28-43-42-16-7-9-20-47(42)56(48(43)32-38)36-14-5-2-6-15-36/h1-33H. The van der Waals surface area contributed by atoms with E-state index >= 15 is 0 Å². The highest BCUT2D eigenvalue weighted by Crippen LogP contribution is 2.43. The molecule has 0 amide bonds. The van der Waals surface area contributed by atoms with E-state index in [0.29, 0.717) is 5.89 Å². The number of anilines is 3. The van der Waals surface area contributed by atoms with Gasteiger partial charge in [0, 0.05) is 61.3 Å². The van der Waals surface area contributed by atoms with Crippen molar-refractivity contribution in [2.75, 3.05) is 4.90 Å². The highest BCUT2D eigenvalue weighted by molar-refractivity contribution is 6.12. The van der Waals surface area contributed by atoms with Gasteiger partial charge in [-0.15, -0.1) is 0 Å². The average molecular weight is 744 g/mol. The maximum Gasteiger partial charge on any atom is 0.227 e. The predicted octanol–water partition coefficient (Wildman–Crippen LogP) is 14.8. The predicted molar refractivity (Wildman–Crippen MR) is 239 cm³/mol. The normalized spacial score (nSPS) is 11.8. The molecule has 272 valence electrons. The summed E-state index contributed by atoms with van der Waals surface area (Å²) in [4.78, 5) is 7.29. The Morgan fingerprint density at radius 3 is 1.86 bits per heavy atom. The number of nitrogens with zero attached hydrogens (tertiary/aromatic N) is 3. The third-order valence-corrected chi connectivity index (χ3v) is 11.4. The lowest BCUT2D eigenvalue weighted by atomic mass is 9.97. The molecule has 5 nitrogen and oxygen atoms in total. The van der Waals surface area contributed by atoms with Gasteiger partial charge in [-0.1, -0.05) is 109 Å². The fourth-order valence-corrected chi connectivity index (χ4v) is 8.75. The first-order valence-electron chi connectivity index (χ1n) is 19.5. The zero-order valence-electron chi connectivity index (χ0n) is 31.2. The van der Waals surface area contributed by atoms with Gasteiger partial charge in [0.1, 0.15) is 16.7 Å². The van der Waals surface area contributed by atoms with Crippen LogP contribution in [0.3, 0.4) is 0 Å². The molecule has 0 fully saturated rings. The summed E-state index contributed by atoms with van der Waals surface area (Å²) in [6, 6.07) is 70.4. The molecule has 5 heteroatoms. The second-order valence-corrected chi connectivity index (χ2v) is 14.7. The molecule has 0 saturated heterocycles. The molecule has 0 radical (unpaired) electrons. The minimum Gasteiger partial charge on any atom is -0.456 e. The first-order valence-corrected chi connectivity index (χ1v) is 19.5. The summed E-state index contributed by atoms with van der Waals surface area (Å²) in [5.74, 6) is 0.626. The summed E-state index contributed by atoms with van der Waals surface area (Å²) < 4.78 is 15.0. The molecule has 0 aliphatic rings. The molecule has 0 bridgehead atoms. The molecule has 0 unspecified atom stereocenters. The second kappa shape index (κ2) is 12.8. The van der Waals surface area contributed by atoms with Crippen molar-refractivity contribution in [3.63, 3.8) is 0 Å². The number of furan rings is 1. The third-order valence-electron chi connectivity index (χ3n) is 11.4. The Bertz CT molecular complexity index is 3510. The summed E-state index contributed by atoms with van der Waals surface area (Å²) in [6.45, 7) is 0. The van der Waals surface area contributed by atoms with Crippen LogP contribution >= 0.6 is 0 Å². The smallest absolute Gasteiger partial charge is 0.227 e. The second-order valence-electron chi connectivity index (χ2n) is 14.7. The number of rotatable bonds is 6. The van der Waals surface area contributed by atoms with Gasteiger partial charge >= 0.3 is 0 Å². The van der Waals surface area contributed by atoms with Crippen LogP contribution in [0.2, 0.25) is 0 Å². The van der Waals surface area contributed by atoms with E-state index < -0.39 is 0 Å². The zero-order chi connectivity index (χ0) is 38.2. The Labute approximate surface area is 333 Å². The van der Waals surface area contributed by atoms with E-state index in [4.69, 9.17) is 13.8 Å².